The molecule has 0 aliphatic carbocycles. The van der Waals surface area contributed by atoms with Crippen molar-refractivity contribution in [2.75, 3.05) is 54.2 Å². The highest BCUT2D eigenvalue weighted by atomic mass is 16.3. The third-order valence-electron chi connectivity index (χ3n) is 5.14. The van der Waals surface area contributed by atoms with Crippen LogP contribution in [0.3, 0.4) is 0 Å². The first-order valence-corrected chi connectivity index (χ1v) is 9.35. The van der Waals surface area contributed by atoms with Gasteiger partial charge in [-0.05, 0) is 18.9 Å². The SMILES string of the molecule is CN(C)c1nc2c(c(N3CCC(O)CC3)n1)CN(c1nccc(N)n1)CC2. The summed E-state index contributed by atoms with van der Waals surface area (Å²) in [6, 6.07) is 1.69. The summed E-state index contributed by atoms with van der Waals surface area (Å²) in [5, 5.41) is 9.87. The Balaban J connectivity index is 1.70. The van der Waals surface area contributed by atoms with Crippen molar-refractivity contribution in [1.82, 2.24) is 19.9 Å². The molecular formula is C18H26N8O. The van der Waals surface area contributed by atoms with Crippen LogP contribution in [-0.4, -0.2) is 64.9 Å². The second kappa shape index (κ2) is 7.15. The number of fused-ring (bicyclic) bond motifs is 1. The molecule has 0 aromatic carbocycles. The topological polar surface area (TPSA) is 108 Å². The van der Waals surface area contributed by atoms with Crippen LogP contribution in [0, 0.1) is 0 Å². The van der Waals surface area contributed by atoms with Crippen LogP contribution in [0.4, 0.5) is 23.5 Å². The minimum atomic E-state index is -0.218. The number of nitrogens with zero attached hydrogens (tertiary/aromatic N) is 7. The predicted molar refractivity (Wildman–Crippen MR) is 105 cm³/mol. The highest BCUT2D eigenvalue weighted by Crippen LogP contribution is 2.31. The minimum absolute atomic E-state index is 0.218. The monoisotopic (exact) mass is 370 g/mol. The zero-order valence-electron chi connectivity index (χ0n) is 15.8. The zero-order chi connectivity index (χ0) is 19.0. The number of aliphatic hydroxyl groups excluding tert-OH is 1. The fraction of sp³-hybridized carbons (Fsp3) is 0.556. The molecule has 0 saturated carbocycles. The van der Waals surface area contributed by atoms with Crippen molar-refractivity contribution in [2.24, 2.45) is 0 Å². The molecule has 0 radical (unpaired) electrons. The Morgan fingerprint density at radius 3 is 2.59 bits per heavy atom. The number of nitrogen functional groups attached to an aromatic ring is 1. The van der Waals surface area contributed by atoms with E-state index in [4.69, 9.17) is 15.7 Å². The van der Waals surface area contributed by atoms with Crippen molar-refractivity contribution in [3.8, 4) is 0 Å². The van der Waals surface area contributed by atoms with Crippen LogP contribution < -0.4 is 20.4 Å². The van der Waals surface area contributed by atoms with Gasteiger partial charge in [0.1, 0.15) is 11.6 Å². The molecule has 27 heavy (non-hydrogen) atoms. The lowest BCUT2D eigenvalue weighted by molar-refractivity contribution is 0.145. The van der Waals surface area contributed by atoms with Crippen molar-refractivity contribution in [3.63, 3.8) is 0 Å². The Morgan fingerprint density at radius 1 is 1.11 bits per heavy atom. The Morgan fingerprint density at radius 2 is 1.89 bits per heavy atom. The normalized spacial score (nSPS) is 17.7. The lowest BCUT2D eigenvalue weighted by atomic mass is 10.0. The van der Waals surface area contributed by atoms with Gasteiger partial charge in [-0.15, -0.1) is 0 Å². The molecule has 2 aliphatic heterocycles. The largest absolute Gasteiger partial charge is 0.393 e. The van der Waals surface area contributed by atoms with Gasteiger partial charge in [-0.25, -0.2) is 9.97 Å². The van der Waals surface area contributed by atoms with Gasteiger partial charge in [-0.2, -0.15) is 9.97 Å². The van der Waals surface area contributed by atoms with Gasteiger partial charge in [-0.3, -0.25) is 0 Å². The quantitative estimate of drug-likeness (QED) is 0.795. The number of hydrogen-bond donors (Lipinski definition) is 2. The zero-order valence-corrected chi connectivity index (χ0v) is 15.8. The van der Waals surface area contributed by atoms with Crippen LogP contribution in [0.2, 0.25) is 0 Å². The molecule has 144 valence electrons. The Hall–Kier alpha value is -2.68. The fourth-order valence-corrected chi connectivity index (χ4v) is 3.61. The first-order chi connectivity index (χ1) is 13.0. The van der Waals surface area contributed by atoms with Gasteiger partial charge in [0.2, 0.25) is 11.9 Å². The molecular weight excluding hydrogens is 344 g/mol. The molecule has 9 heteroatoms. The first kappa shape index (κ1) is 17.7. The maximum atomic E-state index is 9.87. The van der Waals surface area contributed by atoms with E-state index in [2.05, 4.69) is 19.8 Å². The molecule has 1 fully saturated rings. The van der Waals surface area contributed by atoms with Gasteiger partial charge in [0.05, 0.1) is 18.3 Å². The van der Waals surface area contributed by atoms with Crippen molar-refractivity contribution in [1.29, 1.82) is 0 Å². The van der Waals surface area contributed by atoms with E-state index in [0.29, 0.717) is 18.3 Å². The van der Waals surface area contributed by atoms with E-state index in [1.807, 2.05) is 19.0 Å². The van der Waals surface area contributed by atoms with E-state index in [-0.39, 0.29) is 6.10 Å². The summed E-state index contributed by atoms with van der Waals surface area (Å²) >= 11 is 0. The molecule has 2 aromatic heterocycles. The minimum Gasteiger partial charge on any atom is -0.393 e. The van der Waals surface area contributed by atoms with E-state index in [0.717, 1.165) is 61.9 Å². The Kier molecular flexibility index (Phi) is 4.69. The van der Waals surface area contributed by atoms with Crippen LogP contribution in [0.1, 0.15) is 24.1 Å². The molecule has 4 rings (SSSR count). The average Bonchev–Trinajstić information content (AvgIpc) is 2.67. The van der Waals surface area contributed by atoms with Gasteiger partial charge >= 0.3 is 0 Å². The third-order valence-corrected chi connectivity index (χ3v) is 5.14. The van der Waals surface area contributed by atoms with Gasteiger partial charge in [0, 0.05) is 51.9 Å². The summed E-state index contributed by atoms with van der Waals surface area (Å²) in [6.45, 7) is 3.04. The van der Waals surface area contributed by atoms with Crippen molar-refractivity contribution < 1.29 is 5.11 Å². The Labute approximate surface area is 158 Å². The van der Waals surface area contributed by atoms with Crippen LogP contribution in [0.25, 0.3) is 0 Å². The number of aromatic nitrogens is 4. The van der Waals surface area contributed by atoms with Crippen LogP contribution >= 0.6 is 0 Å². The predicted octanol–water partition coefficient (Wildman–Crippen LogP) is 0.439. The molecule has 4 heterocycles. The lowest BCUT2D eigenvalue weighted by Gasteiger charge is -2.36. The molecule has 9 nitrogen and oxygen atoms in total. The van der Waals surface area contributed by atoms with Crippen LogP contribution in [0.5, 0.6) is 0 Å². The third kappa shape index (κ3) is 3.59. The molecule has 1 saturated heterocycles. The molecule has 2 aromatic rings. The number of rotatable bonds is 3. The second-order valence-electron chi connectivity index (χ2n) is 7.34. The number of anilines is 4. The molecule has 0 bridgehead atoms. The van der Waals surface area contributed by atoms with Crippen molar-refractivity contribution in [3.05, 3.63) is 23.5 Å². The standard InChI is InChI=1S/C18H26N8O/c1-24(2)18-21-14-6-10-26(17-20-7-3-15(19)22-17)11-13(14)16(23-18)25-8-4-12(27)5-9-25/h3,7,12,27H,4-6,8-11H2,1-2H3,(H2,19,20,22). The fourth-order valence-electron chi connectivity index (χ4n) is 3.61. The smallest absolute Gasteiger partial charge is 0.227 e. The average molecular weight is 370 g/mol. The van der Waals surface area contributed by atoms with Gasteiger partial charge < -0.3 is 25.5 Å². The number of piperidine rings is 1. The molecule has 0 amide bonds. The van der Waals surface area contributed by atoms with Gasteiger partial charge in [0.25, 0.3) is 0 Å². The number of hydrogen-bond acceptors (Lipinski definition) is 9. The summed E-state index contributed by atoms with van der Waals surface area (Å²) in [5.74, 6) is 2.79. The van der Waals surface area contributed by atoms with Gasteiger partial charge in [-0.1, -0.05) is 0 Å². The van der Waals surface area contributed by atoms with Crippen molar-refractivity contribution >= 4 is 23.5 Å². The molecule has 2 aliphatic rings. The molecule has 0 spiro atoms. The summed E-state index contributed by atoms with van der Waals surface area (Å²) in [7, 11) is 3.92. The molecule has 3 N–H and O–H groups in total. The highest BCUT2D eigenvalue weighted by molar-refractivity contribution is 5.56. The van der Waals surface area contributed by atoms with Crippen molar-refractivity contribution in [2.45, 2.75) is 31.9 Å². The second-order valence-corrected chi connectivity index (χ2v) is 7.34. The van der Waals surface area contributed by atoms with E-state index >= 15 is 0 Å². The summed E-state index contributed by atoms with van der Waals surface area (Å²) in [5.41, 5.74) is 8.03. The summed E-state index contributed by atoms with van der Waals surface area (Å²) in [6.07, 6.45) is 3.80. The number of nitrogens with two attached hydrogens (primary N) is 1. The molecule has 0 unspecified atom stereocenters. The van der Waals surface area contributed by atoms with E-state index in [1.54, 1.807) is 12.3 Å². The highest BCUT2D eigenvalue weighted by Gasteiger charge is 2.28. The van der Waals surface area contributed by atoms with E-state index < -0.39 is 0 Å². The lowest BCUT2D eigenvalue weighted by Crippen LogP contribution is -2.40. The molecule has 0 atom stereocenters. The first-order valence-electron chi connectivity index (χ1n) is 9.35. The van der Waals surface area contributed by atoms with E-state index in [9.17, 15) is 5.11 Å². The Bertz CT molecular complexity index is 819. The summed E-state index contributed by atoms with van der Waals surface area (Å²) in [4.78, 5) is 24.7. The van der Waals surface area contributed by atoms with E-state index in [1.165, 1.54) is 0 Å². The summed E-state index contributed by atoms with van der Waals surface area (Å²) < 4.78 is 0. The maximum absolute atomic E-state index is 9.87. The number of aliphatic hydroxyl groups is 1. The van der Waals surface area contributed by atoms with Gasteiger partial charge in [0.15, 0.2) is 0 Å². The van der Waals surface area contributed by atoms with Crippen LogP contribution in [-0.2, 0) is 13.0 Å². The maximum Gasteiger partial charge on any atom is 0.227 e. The van der Waals surface area contributed by atoms with Crippen LogP contribution in [0.15, 0.2) is 12.3 Å².